The van der Waals surface area contributed by atoms with Crippen LogP contribution >= 0.6 is 23.2 Å². The lowest BCUT2D eigenvalue weighted by atomic mass is 10.1. The van der Waals surface area contributed by atoms with Crippen LogP contribution in [0.15, 0.2) is 130 Å². The molecule has 16 heteroatoms. The number of hydrogen-bond acceptors (Lipinski definition) is 12. The van der Waals surface area contributed by atoms with Gasteiger partial charge in [-0.25, -0.2) is 9.59 Å². The molecule has 5 aromatic rings. The Hall–Kier alpha value is -6.90. The van der Waals surface area contributed by atoms with Crippen LogP contribution in [0.5, 0.6) is 11.5 Å². The summed E-state index contributed by atoms with van der Waals surface area (Å²) < 4.78 is 10.7. The van der Waals surface area contributed by atoms with E-state index in [1.54, 1.807) is 86.6 Å². The molecule has 2 atom stereocenters. The van der Waals surface area contributed by atoms with Crippen LogP contribution in [0.25, 0.3) is 0 Å². The summed E-state index contributed by atoms with van der Waals surface area (Å²) in [5.41, 5.74) is 1.83. The van der Waals surface area contributed by atoms with Crippen LogP contribution in [-0.2, 0) is 19.2 Å². The number of rotatable bonds is 14. The smallest absolute Gasteiger partial charge is 0.343 e. The van der Waals surface area contributed by atoms with E-state index in [0.29, 0.717) is 34.0 Å². The number of Topliss-reactive ketones (excluding diaryl/α,β-unsaturated/α-hetero) is 2. The molecule has 0 radical (unpaired) electrons. The number of nitrogens with one attached hydrogen (secondary N) is 2. The summed E-state index contributed by atoms with van der Waals surface area (Å²) in [6, 6.07) is 25.2. The Kier molecular flexibility index (Phi) is 14.1. The number of carbonyl (C=O) groups excluding carboxylic acids is 6. The van der Waals surface area contributed by atoms with E-state index >= 15 is 0 Å². The molecule has 0 spiro atoms. The second-order valence-corrected chi connectivity index (χ2v) is 13.5. The Balaban J connectivity index is 1.26. The number of nitrogens with zero attached hydrogens (tertiary/aromatic N) is 4. The average molecular weight is 822 g/mol. The van der Waals surface area contributed by atoms with Crippen LogP contribution in [0.2, 0.25) is 10.0 Å². The molecule has 5 aromatic carbocycles. The van der Waals surface area contributed by atoms with E-state index in [-0.39, 0.29) is 32.5 Å². The van der Waals surface area contributed by atoms with Crippen molar-refractivity contribution in [3.05, 3.63) is 141 Å². The first-order chi connectivity index (χ1) is 27.7. The third-order valence-electron chi connectivity index (χ3n) is 8.19. The zero-order valence-electron chi connectivity index (χ0n) is 31.4. The second kappa shape index (κ2) is 19.3. The highest BCUT2D eigenvalue weighted by Crippen LogP contribution is 2.30. The molecular formula is C42H34Cl2N6O8. The van der Waals surface area contributed by atoms with Gasteiger partial charge in [0.25, 0.3) is 11.8 Å². The molecule has 0 fully saturated rings. The standard InChI is InChI=1S/C42H34Cl2N6O8/c1-23-19-34(46-40(54)38(26(4)52)50-48-36-22-28(16-18-32(36)44)42(56)58-30-13-9-6-10-14-30)24(2)20-33(23)45-39(53)37(25(3)51)49-47-35-21-27(15-17-31(35)43)41(55)57-29-11-7-5-8-12-29/h5-22,37-38H,1-4H3,(H,45,53)(H,46,54). The summed E-state index contributed by atoms with van der Waals surface area (Å²) in [7, 11) is 0. The first-order valence-electron chi connectivity index (χ1n) is 17.4. The van der Waals surface area contributed by atoms with Crippen molar-refractivity contribution >= 4 is 81.3 Å². The first-order valence-corrected chi connectivity index (χ1v) is 18.1. The van der Waals surface area contributed by atoms with Gasteiger partial charge < -0.3 is 20.1 Å². The molecule has 2 N–H and O–H groups in total. The highest BCUT2D eigenvalue weighted by molar-refractivity contribution is 6.33. The minimum absolute atomic E-state index is 0.0268. The number of azo groups is 2. The van der Waals surface area contributed by atoms with E-state index in [1.807, 2.05) is 0 Å². The van der Waals surface area contributed by atoms with Gasteiger partial charge in [-0.2, -0.15) is 20.5 Å². The van der Waals surface area contributed by atoms with Crippen molar-refractivity contribution in [2.75, 3.05) is 10.6 Å². The summed E-state index contributed by atoms with van der Waals surface area (Å²) >= 11 is 12.6. The van der Waals surface area contributed by atoms with Gasteiger partial charge in [-0.05, 0) is 112 Å². The molecule has 0 aliphatic rings. The summed E-state index contributed by atoms with van der Waals surface area (Å²) in [4.78, 5) is 77.1. The fourth-order valence-corrected chi connectivity index (χ4v) is 5.42. The molecule has 0 aliphatic heterocycles. The number of amides is 2. The maximum absolute atomic E-state index is 13.3. The molecule has 5 rings (SSSR count). The number of aryl methyl sites for hydroxylation is 2. The monoisotopic (exact) mass is 820 g/mol. The molecule has 0 aromatic heterocycles. The van der Waals surface area contributed by atoms with Gasteiger partial charge in [0.05, 0.1) is 21.2 Å². The molecular weight excluding hydrogens is 787 g/mol. The van der Waals surface area contributed by atoms with Crippen molar-refractivity contribution in [3.63, 3.8) is 0 Å². The number of ether oxygens (including phenoxy) is 2. The Bertz CT molecular complexity index is 2290. The average Bonchev–Trinajstić information content (AvgIpc) is 3.18. The van der Waals surface area contributed by atoms with Gasteiger partial charge in [-0.3, -0.25) is 19.2 Å². The zero-order chi connectivity index (χ0) is 41.9. The molecule has 0 saturated carbocycles. The zero-order valence-corrected chi connectivity index (χ0v) is 32.9. The van der Waals surface area contributed by atoms with E-state index in [4.69, 9.17) is 32.7 Å². The Morgan fingerprint density at radius 2 is 0.897 bits per heavy atom. The van der Waals surface area contributed by atoms with Crippen molar-refractivity contribution in [1.82, 2.24) is 0 Å². The van der Waals surface area contributed by atoms with Crippen LogP contribution in [0, 0.1) is 13.8 Å². The number of anilines is 2. The molecule has 294 valence electrons. The van der Waals surface area contributed by atoms with Crippen molar-refractivity contribution in [2.24, 2.45) is 20.5 Å². The van der Waals surface area contributed by atoms with Crippen LogP contribution < -0.4 is 20.1 Å². The lowest BCUT2D eigenvalue weighted by Gasteiger charge is -2.16. The third kappa shape index (κ3) is 11.1. The van der Waals surface area contributed by atoms with Crippen molar-refractivity contribution in [2.45, 2.75) is 39.8 Å². The number of ketones is 2. The number of carbonyl (C=O) groups is 6. The number of para-hydroxylation sites is 2. The molecule has 2 unspecified atom stereocenters. The maximum atomic E-state index is 13.3. The molecule has 14 nitrogen and oxygen atoms in total. The van der Waals surface area contributed by atoms with Crippen LogP contribution in [0.4, 0.5) is 22.7 Å². The fourth-order valence-electron chi connectivity index (χ4n) is 5.11. The topological polar surface area (TPSA) is 194 Å². The molecule has 0 aliphatic carbocycles. The number of hydrogen-bond donors (Lipinski definition) is 2. The Morgan fingerprint density at radius 3 is 1.24 bits per heavy atom. The fraction of sp³-hybridized carbons (Fsp3) is 0.143. The molecule has 0 bridgehead atoms. The highest BCUT2D eigenvalue weighted by atomic mass is 35.5. The van der Waals surface area contributed by atoms with Crippen molar-refractivity contribution in [1.29, 1.82) is 0 Å². The van der Waals surface area contributed by atoms with Crippen molar-refractivity contribution < 1.29 is 38.2 Å². The summed E-state index contributed by atoms with van der Waals surface area (Å²) in [6.07, 6.45) is 0. The van der Waals surface area contributed by atoms with Crippen LogP contribution in [0.3, 0.4) is 0 Å². The van der Waals surface area contributed by atoms with E-state index in [1.165, 1.54) is 50.2 Å². The van der Waals surface area contributed by atoms with E-state index in [2.05, 4.69) is 31.1 Å². The minimum atomic E-state index is -1.58. The first kappa shape index (κ1) is 42.2. The normalized spacial score (nSPS) is 12.1. The van der Waals surface area contributed by atoms with Gasteiger partial charge in [0.1, 0.15) is 22.9 Å². The summed E-state index contributed by atoms with van der Waals surface area (Å²) in [5.74, 6) is -3.56. The SMILES string of the molecule is CC(=O)C(N=Nc1cc(C(=O)Oc2ccccc2)ccc1Cl)C(=O)Nc1cc(C)c(NC(=O)C(N=Nc2cc(C(=O)Oc3ccccc3)ccc2Cl)C(C)=O)cc1C. The van der Waals surface area contributed by atoms with Gasteiger partial charge >= 0.3 is 11.9 Å². The lowest BCUT2D eigenvalue weighted by molar-refractivity contribution is -0.127. The maximum Gasteiger partial charge on any atom is 0.343 e. The van der Waals surface area contributed by atoms with Gasteiger partial charge in [-0.1, -0.05) is 59.6 Å². The van der Waals surface area contributed by atoms with Crippen LogP contribution in [-0.4, -0.2) is 47.4 Å². The van der Waals surface area contributed by atoms with E-state index in [9.17, 15) is 28.8 Å². The molecule has 0 saturated heterocycles. The summed E-state index contributed by atoms with van der Waals surface area (Å²) in [6.45, 7) is 5.63. The Labute approximate surface area is 342 Å². The molecule has 0 heterocycles. The highest BCUT2D eigenvalue weighted by Gasteiger charge is 2.26. The van der Waals surface area contributed by atoms with Gasteiger partial charge in [-0.15, -0.1) is 0 Å². The number of esters is 2. The second-order valence-electron chi connectivity index (χ2n) is 12.7. The predicted octanol–water partition coefficient (Wildman–Crippen LogP) is 9.41. The Morgan fingerprint density at radius 1 is 0.534 bits per heavy atom. The summed E-state index contributed by atoms with van der Waals surface area (Å²) in [5, 5.41) is 21.5. The number of benzene rings is 5. The predicted molar refractivity (Wildman–Crippen MR) is 217 cm³/mol. The quantitative estimate of drug-likeness (QED) is 0.0478. The largest absolute Gasteiger partial charge is 0.423 e. The van der Waals surface area contributed by atoms with E-state index < -0.39 is 47.4 Å². The van der Waals surface area contributed by atoms with Crippen LogP contribution in [0.1, 0.15) is 45.7 Å². The van der Waals surface area contributed by atoms with Gasteiger partial charge in [0.2, 0.25) is 12.1 Å². The van der Waals surface area contributed by atoms with Gasteiger partial charge in [0.15, 0.2) is 11.6 Å². The third-order valence-corrected chi connectivity index (χ3v) is 8.83. The number of halogens is 2. The van der Waals surface area contributed by atoms with Gasteiger partial charge in [0, 0.05) is 11.4 Å². The minimum Gasteiger partial charge on any atom is -0.423 e. The lowest BCUT2D eigenvalue weighted by Crippen LogP contribution is -2.32. The van der Waals surface area contributed by atoms with Crippen molar-refractivity contribution in [3.8, 4) is 11.5 Å². The molecule has 2 amide bonds. The van der Waals surface area contributed by atoms with E-state index in [0.717, 1.165) is 0 Å². The molecule has 58 heavy (non-hydrogen) atoms.